The van der Waals surface area contributed by atoms with Crippen LogP contribution in [0, 0.1) is 23.0 Å². The first-order chi connectivity index (χ1) is 20.2. The van der Waals surface area contributed by atoms with Crippen molar-refractivity contribution in [2.45, 2.75) is 31.0 Å². The monoisotopic (exact) mass is 580 g/mol. The number of nitrogens with one attached hydrogen (secondary N) is 2. The lowest BCUT2D eigenvalue weighted by molar-refractivity contribution is -0.133. The van der Waals surface area contributed by atoms with Gasteiger partial charge in [0.05, 0.1) is 35.2 Å². The van der Waals surface area contributed by atoms with Gasteiger partial charge in [0.1, 0.15) is 12.1 Å². The fraction of sp³-hybridized carbons (Fsp3) is 0.379. The van der Waals surface area contributed by atoms with Crippen LogP contribution in [0.3, 0.4) is 0 Å². The Morgan fingerprint density at radius 2 is 1.86 bits per heavy atom. The van der Waals surface area contributed by atoms with Gasteiger partial charge in [-0.2, -0.15) is 5.26 Å². The van der Waals surface area contributed by atoms with E-state index in [0.29, 0.717) is 23.6 Å². The second-order valence-corrected chi connectivity index (χ2v) is 10.5. The van der Waals surface area contributed by atoms with Crippen LogP contribution in [0.1, 0.15) is 30.0 Å². The molecule has 3 aliphatic heterocycles. The van der Waals surface area contributed by atoms with Crippen LogP contribution in [-0.4, -0.2) is 84.9 Å². The lowest BCUT2D eigenvalue weighted by Crippen LogP contribution is -2.66. The van der Waals surface area contributed by atoms with Crippen molar-refractivity contribution in [2.24, 2.45) is 0 Å². The van der Waals surface area contributed by atoms with Gasteiger partial charge in [0, 0.05) is 39.3 Å². The van der Waals surface area contributed by atoms with Crippen LogP contribution in [0.2, 0.25) is 0 Å². The number of carbonyl (C=O) groups is 3. The third kappa shape index (κ3) is 5.63. The first-order valence-corrected chi connectivity index (χ1v) is 13.5. The molecule has 13 heteroatoms. The van der Waals surface area contributed by atoms with Crippen molar-refractivity contribution in [2.75, 3.05) is 44.8 Å². The number of halogens is 2. The number of imide groups is 1. The number of carboxylic acids is 1. The van der Waals surface area contributed by atoms with Crippen LogP contribution >= 0.6 is 0 Å². The number of para-hydroxylation sites is 1. The molecule has 0 aromatic heterocycles. The molecule has 11 nitrogen and oxygen atoms in total. The first-order valence-electron chi connectivity index (χ1n) is 13.5. The van der Waals surface area contributed by atoms with Gasteiger partial charge in [-0.15, -0.1) is 0 Å². The predicted octanol–water partition coefficient (Wildman–Crippen LogP) is 2.95. The highest BCUT2D eigenvalue weighted by atomic mass is 19.2. The Balaban J connectivity index is 1.26. The number of likely N-dealkylation sites (tertiary alicyclic amines) is 1. The Morgan fingerprint density at radius 3 is 2.50 bits per heavy atom. The molecule has 1 unspecified atom stereocenters. The van der Waals surface area contributed by atoms with Gasteiger partial charge in [-0.3, -0.25) is 4.90 Å². The van der Waals surface area contributed by atoms with Crippen molar-refractivity contribution in [3.8, 4) is 6.07 Å². The summed E-state index contributed by atoms with van der Waals surface area (Å²) in [7, 11) is 1.31. The van der Waals surface area contributed by atoms with E-state index in [4.69, 9.17) is 4.74 Å². The summed E-state index contributed by atoms with van der Waals surface area (Å²) in [5, 5.41) is 24.6. The van der Waals surface area contributed by atoms with Gasteiger partial charge >= 0.3 is 18.0 Å². The zero-order valence-corrected chi connectivity index (χ0v) is 22.8. The molecule has 3 aliphatic rings. The second kappa shape index (κ2) is 12.1. The van der Waals surface area contributed by atoms with Crippen LogP contribution in [-0.2, 0) is 9.53 Å². The summed E-state index contributed by atoms with van der Waals surface area (Å²) in [5.74, 6) is -3.84. The number of carbonyl (C=O) groups excluding carboxylic acids is 2. The first kappa shape index (κ1) is 29.0. The van der Waals surface area contributed by atoms with Crippen LogP contribution in [0.4, 0.5) is 24.1 Å². The minimum Gasteiger partial charge on any atom is -0.478 e. The number of hydrogen-bond donors (Lipinski definition) is 3. The SMILES string of the molecule is COCC1=C(C(=O)O)C(c2ccc(F)c(F)c2)N(C(=O)NC2CN(C3CCN(c4ccccc4C#N)CC3)C2)C(=O)N1. The minimum atomic E-state index is -1.52. The molecular weight excluding hydrogens is 550 g/mol. The number of amides is 4. The van der Waals surface area contributed by atoms with E-state index >= 15 is 0 Å². The molecule has 1 atom stereocenters. The zero-order chi connectivity index (χ0) is 30.0. The summed E-state index contributed by atoms with van der Waals surface area (Å²) in [5.41, 5.74) is 1.00. The zero-order valence-electron chi connectivity index (χ0n) is 22.8. The molecule has 5 rings (SSSR count). The quantitative estimate of drug-likeness (QED) is 0.455. The number of anilines is 1. The number of ether oxygens (including phenoxy) is 1. The molecule has 4 amide bonds. The number of aliphatic carboxylic acids is 1. The fourth-order valence-electron chi connectivity index (χ4n) is 5.84. The molecule has 0 aliphatic carbocycles. The molecule has 3 heterocycles. The lowest BCUT2D eigenvalue weighted by Gasteiger charge is -2.48. The van der Waals surface area contributed by atoms with E-state index in [9.17, 15) is 33.5 Å². The molecule has 2 aromatic rings. The maximum absolute atomic E-state index is 14.2. The van der Waals surface area contributed by atoms with Crippen LogP contribution in [0.5, 0.6) is 0 Å². The maximum atomic E-state index is 14.2. The number of methoxy groups -OCH3 is 1. The molecular formula is C29H30F2N6O5. The molecule has 2 saturated heterocycles. The number of piperidine rings is 1. The number of hydrogen-bond acceptors (Lipinski definition) is 7. The number of nitrogens with zero attached hydrogens (tertiary/aromatic N) is 4. The predicted molar refractivity (Wildman–Crippen MR) is 146 cm³/mol. The molecule has 2 aromatic carbocycles. The molecule has 0 spiro atoms. The Labute approximate surface area is 240 Å². The smallest absolute Gasteiger partial charge is 0.335 e. The average molecular weight is 581 g/mol. The average Bonchev–Trinajstić information content (AvgIpc) is 2.95. The van der Waals surface area contributed by atoms with Gasteiger partial charge in [0.2, 0.25) is 0 Å². The highest BCUT2D eigenvalue weighted by Gasteiger charge is 2.44. The van der Waals surface area contributed by atoms with Gasteiger partial charge in [-0.1, -0.05) is 18.2 Å². The van der Waals surface area contributed by atoms with E-state index in [1.165, 1.54) is 7.11 Å². The van der Waals surface area contributed by atoms with Crippen molar-refractivity contribution in [1.29, 1.82) is 5.26 Å². The number of nitriles is 1. The molecule has 0 radical (unpaired) electrons. The maximum Gasteiger partial charge on any atom is 0.335 e. The standard InChI is InChI=1S/C29H30F2N6O5/c1-42-16-23-25(27(38)39)26(17-6-7-21(30)22(31)12-17)37(29(41)34-23)28(40)33-19-14-36(15-19)20-8-10-35(11-9-20)24-5-3-2-4-18(24)13-32/h2-7,12,19-20,26H,8-11,14-16H2,1H3,(H,33,40)(H,34,41)(H,38,39). The summed E-state index contributed by atoms with van der Waals surface area (Å²) in [6.45, 7) is 2.37. The molecule has 42 heavy (non-hydrogen) atoms. The van der Waals surface area contributed by atoms with E-state index in [1.807, 2.05) is 18.2 Å². The van der Waals surface area contributed by atoms with Gasteiger partial charge in [-0.25, -0.2) is 28.1 Å². The fourth-order valence-corrected chi connectivity index (χ4v) is 5.84. The van der Waals surface area contributed by atoms with Crippen molar-refractivity contribution in [3.63, 3.8) is 0 Å². The van der Waals surface area contributed by atoms with E-state index in [1.54, 1.807) is 6.07 Å². The van der Waals surface area contributed by atoms with Crippen LogP contribution in [0.25, 0.3) is 0 Å². The highest BCUT2D eigenvalue weighted by Crippen LogP contribution is 2.35. The van der Waals surface area contributed by atoms with Gasteiger partial charge < -0.3 is 25.4 Å². The molecule has 220 valence electrons. The van der Waals surface area contributed by atoms with Gasteiger partial charge in [-0.05, 0) is 42.7 Å². The van der Waals surface area contributed by atoms with Crippen LogP contribution in [0.15, 0.2) is 53.7 Å². The van der Waals surface area contributed by atoms with Gasteiger partial charge in [0.15, 0.2) is 11.6 Å². The summed E-state index contributed by atoms with van der Waals surface area (Å²) >= 11 is 0. The van der Waals surface area contributed by atoms with E-state index < -0.39 is 41.3 Å². The minimum absolute atomic E-state index is 0.0788. The lowest BCUT2D eigenvalue weighted by atomic mass is 9.93. The number of carboxylic acid groups (broad SMARTS) is 1. The molecule has 2 fully saturated rings. The largest absolute Gasteiger partial charge is 0.478 e. The normalized spacial score (nSPS) is 20.1. The number of rotatable bonds is 7. The summed E-state index contributed by atoms with van der Waals surface area (Å²) in [6, 6.07) is 9.17. The summed E-state index contributed by atoms with van der Waals surface area (Å²) < 4.78 is 32.9. The van der Waals surface area contributed by atoms with Crippen molar-refractivity contribution < 1.29 is 33.0 Å². The topological polar surface area (TPSA) is 138 Å². The third-order valence-electron chi connectivity index (χ3n) is 7.91. The van der Waals surface area contributed by atoms with E-state index in [-0.39, 0.29) is 30.0 Å². The molecule has 3 N–H and O–H groups in total. The van der Waals surface area contributed by atoms with Crippen molar-refractivity contribution in [1.82, 2.24) is 20.4 Å². The molecule has 0 saturated carbocycles. The van der Waals surface area contributed by atoms with Gasteiger partial charge in [0.25, 0.3) is 0 Å². The second-order valence-electron chi connectivity index (χ2n) is 10.5. The Bertz CT molecular complexity index is 1460. The van der Waals surface area contributed by atoms with Crippen molar-refractivity contribution >= 4 is 23.7 Å². The van der Waals surface area contributed by atoms with E-state index in [2.05, 4.69) is 26.5 Å². The number of benzene rings is 2. The van der Waals surface area contributed by atoms with E-state index in [0.717, 1.165) is 49.8 Å². The van der Waals surface area contributed by atoms with Crippen molar-refractivity contribution in [3.05, 3.63) is 76.5 Å². The molecule has 0 bridgehead atoms. The Kier molecular flexibility index (Phi) is 8.37. The Hall–Kier alpha value is -4.54. The third-order valence-corrected chi connectivity index (χ3v) is 7.91. The number of urea groups is 2. The Morgan fingerprint density at radius 1 is 1.14 bits per heavy atom. The highest BCUT2D eigenvalue weighted by molar-refractivity contribution is 6.01. The summed E-state index contributed by atoms with van der Waals surface area (Å²) in [6.07, 6.45) is 1.75. The summed E-state index contributed by atoms with van der Waals surface area (Å²) in [4.78, 5) is 43.9. The van der Waals surface area contributed by atoms with Crippen LogP contribution < -0.4 is 15.5 Å².